The van der Waals surface area contributed by atoms with Gasteiger partial charge in [-0.25, -0.2) is 8.42 Å². The van der Waals surface area contributed by atoms with Crippen LogP contribution in [0.1, 0.15) is 18.9 Å². The fraction of sp³-hybridized carbons (Fsp3) is 0.625. The third-order valence-corrected chi connectivity index (χ3v) is 5.83. The highest BCUT2D eigenvalue weighted by molar-refractivity contribution is 7.91. The van der Waals surface area contributed by atoms with Crippen LogP contribution in [0, 0.1) is 0 Å². The van der Waals surface area contributed by atoms with Crippen LogP contribution in [0.3, 0.4) is 0 Å². The molecule has 1 aliphatic heterocycles. The SMILES string of the molecule is CCc1cccc(OCC(O)CN(C)C2CCS(=O)(=O)C2)c1. The Balaban J connectivity index is 1.79. The van der Waals surface area contributed by atoms with Crippen LogP contribution >= 0.6 is 0 Å². The summed E-state index contributed by atoms with van der Waals surface area (Å²) in [6.45, 7) is 2.70. The fourth-order valence-electron chi connectivity index (χ4n) is 2.70. The highest BCUT2D eigenvalue weighted by atomic mass is 32.2. The van der Waals surface area contributed by atoms with E-state index >= 15 is 0 Å². The summed E-state index contributed by atoms with van der Waals surface area (Å²) >= 11 is 0. The molecule has 0 bridgehead atoms. The number of nitrogens with zero attached hydrogens (tertiary/aromatic N) is 1. The van der Waals surface area contributed by atoms with E-state index in [1.54, 1.807) is 0 Å². The molecule has 5 nitrogen and oxygen atoms in total. The first-order valence-corrected chi connectivity index (χ1v) is 9.52. The van der Waals surface area contributed by atoms with Crippen molar-refractivity contribution in [3.05, 3.63) is 29.8 Å². The van der Waals surface area contributed by atoms with E-state index in [1.807, 2.05) is 36.2 Å². The van der Waals surface area contributed by atoms with Gasteiger partial charge in [0, 0.05) is 12.6 Å². The Morgan fingerprint density at radius 2 is 2.23 bits per heavy atom. The van der Waals surface area contributed by atoms with E-state index in [4.69, 9.17) is 4.74 Å². The zero-order chi connectivity index (χ0) is 16.2. The second-order valence-electron chi connectivity index (χ2n) is 5.96. The molecule has 1 aromatic rings. The summed E-state index contributed by atoms with van der Waals surface area (Å²) in [5.41, 5.74) is 1.19. The summed E-state index contributed by atoms with van der Waals surface area (Å²) in [5, 5.41) is 10.1. The zero-order valence-corrected chi connectivity index (χ0v) is 14.1. The zero-order valence-electron chi connectivity index (χ0n) is 13.2. The molecule has 1 fully saturated rings. The number of ether oxygens (including phenoxy) is 1. The van der Waals surface area contributed by atoms with Crippen LogP contribution < -0.4 is 4.74 Å². The number of aliphatic hydroxyl groups excluding tert-OH is 1. The quantitative estimate of drug-likeness (QED) is 0.812. The highest BCUT2D eigenvalue weighted by Gasteiger charge is 2.31. The highest BCUT2D eigenvalue weighted by Crippen LogP contribution is 2.17. The van der Waals surface area contributed by atoms with Crippen LogP contribution in [-0.4, -0.2) is 62.3 Å². The molecular weight excluding hydrogens is 302 g/mol. The molecule has 0 radical (unpaired) electrons. The van der Waals surface area contributed by atoms with Gasteiger partial charge in [-0.3, -0.25) is 4.90 Å². The van der Waals surface area contributed by atoms with Gasteiger partial charge >= 0.3 is 0 Å². The smallest absolute Gasteiger partial charge is 0.151 e. The number of likely N-dealkylation sites (N-methyl/N-ethyl adjacent to an activating group) is 1. The van der Waals surface area contributed by atoms with Crippen molar-refractivity contribution in [3.63, 3.8) is 0 Å². The van der Waals surface area contributed by atoms with Gasteiger partial charge in [0.2, 0.25) is 0 Å². The molecular formula is C16H25NO4S. The molecule has 1 N–H and O–H groups in total. The van der Waals surface area contributed by atoms with Gasteiger partial charge in [-0.1, -0.05) is 19.1 Å². The summed E-state index contributed by atoms with van der Waals surface area (Å²) < 4.78 is 28.6. The average Bonchev–Trinajstić information content (AvgIpc) is 2.85. The van der Waals surface area contributed by atoms with Gasteiger partial charge in [-0.05, 0) is 37.6 Å². The molecule has 1 aromatic carbocycles. The lowest BCUT2D eigenvalue weighted by Gasteiger charge is -2.25. The Hall–Kier alpha value is -1.11. The van der Waals surface area contributed by atoms with E-state index in [9.17, 15) is 13.5 Å². The molecule has 124 valence electrons. The van der Waals surface area contributed by atoms with Crippen molar-refractivity contribution >= 4 is 9.84 Å². The Morgan fingerprint density at radius 3 is 2.86 bits per heavy atom. The molecule has 6 heteroatoms. The second kappa shape index (κ2) is 7.44. The molecule has 0 spiro atoms. The summed E-state index contributed by atoms with van der Waals surface area (Å²) in [6.07, 6.45) is 0.947. The number of rotatable bonds is 7. The van der Waals surface area contributed by atoms with Crippen LogP contribution in [0.25, 0.3) is 0 Å². The minimum Gasteiger partial charge on any atom is -0.491 e. The monoisotopic (exact) mass is 327 g/mol. The van der Waals surface area contributed by atoms with E-state index in [2.05, 4.69) is 6.92 Å². The van der Waals surface area contributed by atoms with E-state index in [1.165, 1.54) is 5.56 Å². The lowest BCUT2D eigenvalue weighted by atomic mass is 10.2. The van der Waals surface area contributed by atoms with Crippen molar-refractivity contribution in [1.82, 2.24) is 4.90 Å². The number of hydrogen-bond acceptors (Lipinski definition) is 5. The largest absolute Gasteiger partial charge is 0.491 e. The predicted molar refractivity (Wildman–Crippen MR) is 87.0 cm³/mol. The summed E-state index contributed by atoms with van der Waals surface area (Å²) in [6, 6.07) is 7.83. The summed E-state index contributed by atoms with van der Waals surface area (Å²) in [5.74, 6) is 1.19. The molecule has 2 unspecified atom stereocenters. The molecule has 22 heavy (non-hydrogen) atoms. The van der Waals surface area contributed by atoms with Crippen molar-refractivity contribution in [1.29, 1.82) is 0 Å². The first kappa shape index (κ1) is 17.2. The summed E-state index contributed by atoms with van der Waals surface area (Å²) in [7, 11) is -1.04. The first-order valence-electron chi connectivity index (χ1n) is 7.70. The van der Waals surface area contributed by atoms with Crippen molar-refractivity contribution < 1.29 is 18.3 Å². The van der Waals surface area contributed by atoms with E-state index in [-0.39, 0.29) is 24.2 Å². The molecule has 0 aromatic heterocycles. The topological polar surface area (TPSA) is 66.8 Å². The Morgan fingerprint density at radius 1 is 1.45 bits per heavy atom. The second-order valence-corrected chi connectivity index (χ2v) is 8.19. The van der Waals surface area contributed by atoms with Gasteiger partial charge in [-0.15, -0.1) is 0 Å². The Kier molecular flexibility index (Phi) is 5.83. The minimum atomic E-state index is -2.89. The standard InChI is InChI=1S/C16H25NO4S/c1-3-13-5-4-6-16(9-13)21-11-15(18)10-17(2)14-7-8-22(19,20)12-14/h4-6,9,14-15,18H,3,7-8,10-12H2,1-2H3. The van der Waals surface area contributed by atoms with Gasteiger partial charge in [0.05, 0.1) is 11.5 Å². The number of aliphatic hydroxyl groups is 1. The summed E-state index contributed by atoms with van der Waals surface area (Å²) in [4.78, 5) is 1.92. The maximum Gasteiger partial charge on any atom is 0.151 e. The van der Waals surface area contributed by atoms with Gasteiger partial charge in [0.1, 0.15) is 18.5 Å². The Bertz CT molecular complexity index is 588. The van der Waals surface area contributed by atoms with Crippen molar-refractivity contribution in [2.45, 2.75) is 31.9 Å². The maximum absolute atomic E-state index is 11.5. The van der Waals surface area contributed by atoms with Gasteiger partial charge in [-0.2, -0.15) is 0 Å². The lowest BCUT2D eigenvalue weighted by Crippen LogP contribution is -2.40. The normalized spacial score (nSPS) is 21.9. The number of hydrogen-bond donors (Lipinski definition) is 1. The van der Waals surface area contributed by atoms with E-state index < -0.39 is 15.9 Å². The van der Waals surface area contributed by atoms with Crippen LogP contribution in [0.15, 0.2) is 24.3 Å². The molecule has 0 amide bonds. The number of benzene rings is 1. The van der Waals surface area contributed by atoms with Crippen LogP contribution in [0.2, 0.25) is 0 Å². The number of sulfone groups is 1. The Labute approximate surface area is 132 Å². The number of aryl methyl sites for hydroxylation is 1. The molecule has 2 atom stereocenters. The molecule has 0 aliphatic carbocycles. The van der Waals surface area contributed by atoms with Crippen molar-refractivity contribution in [2.24, 2.45) is 0 Å². The van der Waals surface area contributed by atoms with Crippen molar-refractivity contribution in [3.8, 4) is 5.75 Å². The molecule has 1 heterocycles. The van der Waals surface area contributed by atoms with E-state index in [0.29, 0.717) is 13.0 Å². The van der Waals surface area contributed by atoms with E-state index in [0.717, 1.165) is 12.2 Å². The van der Waals surface area contributed by atoms with Crippen LogP contribution in [-0.2, 0) is 16.3 Å². The third-order valence-electron chi connectivity index (χ3n) is 4.08. The average molecular weight is 327 g/mol. The fourth-order valence-corrected chi connectivity index (χ4v) is 4.51. The van der Waals surface area contributed by atoms with Gasteiger partial charge in [0.15, 0.2) is 9.84 Å². The first-order chi connectivity index (χ1) is 10.4. The molecule has 1 saturated heterocycles. The van der Waals surface area contributed by atoms with Crippen molar-refractivity contribution in [2.75, 3.05) is 31.7 Å². The molecule has 0 saturated carbocycles. The molecule has 2 rings (SSSR count). The van der Waals surface area contributed by atoms with Gasteiger partial charge in [0.25, 0.3) is 0 Å². The molecule has 1 aliphatic rings. The predicted octanol–water partition coefficient (Wildman–Crippen LogP) is 1.11. The van der Waals surface area contributed by atoms with Crippen LogP contribution in [0.5, 0.6) is 5.75 Å². The minimum absolute atomic E-state index is 0.00284. The lowest BCUT2D eigenvalue weighted by molar-refractivity contribution is 0.0664. The maximum atomic E-state index is 11.5. The van der Waals surface area contributed by atoms with Crippen LogP contribution in [0.4, 0.5) is 0 Å². The third kappa shape index (κ3) is 4.97. The van der Waals surface area contributed by atoms with Gasteiger partial charge < -0.3 is 9.84 Å².